The maximum absolute atomic E-state index is 10.7. The van der Waals surface area contributed by atoms with Crippen molar-refractivity contribution in [1.82, 2.24) is 0 Å². The molecule has 4 saturated carbocycles. The molecule has 0 aromatic carbocycles. The zero-order valence-electron chi connectivity index (χ0n) is 15.7. The lowest BCUT2D eigenvalue weighted by atomic mass is 9.44. The fraction of sp³-hybridized carbons (Fsp3) is 1.00. The molecule has 0 saturated heterocycles. The van der Waals surface area contributed by atoms with Gasteiger partial charge in [-0.2, -0.15) is 0 Å². The Morgan fingerprint density at radius 3 is 2.42 bits per heavy atom. The molecule has 4 aliphatic rings. The molecule has 0 aromatic rings. The molecule has 1 N–H and O–H groups in total. The van der Waals surface area contributed by atoms with Crippen molar-refractivity contribution in [1.29, 1.82) is 0 Å². The second-order valence-corrected chi connectivity index (χ2v) is 10.3. The minimum Gasteiger partial charge on any atom is -0.389 e. The van der Waals surface area contributed by atoms with Crippen molar-refractivity contribution in [3.05, 3.63) is 0 Å². The predicted octanol–water partition coefficient (Wildman–Crippen LogP) is 5.01. The Kier molecular flexibility index (Phi) is 4.30. The van der Waals surface area contributed by atoms with Crippen LogP contribution in [0.3, 0.4) is 0 Å². The van der Waals surface area contributed by atoms with Gasteiger partial charge in [0, 0.05) is 7.11 Å². The molecule has 4 rings (SSSR count). The van der Waals surface area contributed by atoms with Crippen LogP contribution in [0, 0.1) is 34.5 Å². The van der Waals surface area contributed by atoms with Gasteiger partial charge in [0.05, 0.1) is 17.6 Å². The van der Waals surface area contributed by atoms with Crippen LogP contribution in [0.1, 0.15) is 71.6 Å². The van der Waals surface area contributed by atoms with E-state index in [0.29, 0.717) is 28.7 Å². The van der Waals surface area contributed by atoms with E-state index in [1.807, 2.05) is 7.11 Å². The van der Waals surface area contributed by atoms with E-state index in [4.69, 9.17) is 16.3 Å². The highest BCUT2D eigenvalue weighted by Gasteiger charge is 2.61. The second kappa shape index (κ2) is 5.86. The molecule has 24 heavy (non-hydrogen) atoms. The van der Waals surface area contributed by atoms with Crippen molar-refractivity contribution in [2.24, 2.45) is 34.5 Å². The van der Waals surface area contributed by atoms with Gasteiger partial charge < -0.3 is 9.84 Å². The highest BCUT2D eigenvalue weighted by molar-refractivity contribution is 6.18. The van der Waals surface area contributed by atoms with E-state index in [-0.39, 0.29) is 0 Å². The first-order chi connectivity index (χ1) is 11.4. The number of fused-ring (bicyclic) bond motifs is 5. The topological polar surface area (TPSA) is 29.5 Å². The van der Waals surface area contributed by atoms with Gasteiger partial charge in [-0.15, -0.1) is 11.6 Å². The van der Waals surface area contributed by atoms with E-state index in [2.05, 4.69) is 13.8 Å². The molecular weight excluding hydrogens is 320 g/mol. The molecule has 0 amide bonds. The summed E-state index contributed by atoms with van der Waals surface area (Å²) in [5, 5.41) is 10.7. The van der Waals surface area contributed by atoms with Crippen LogP contribution in [-0.2, 0) is 4.74 Å². The second-order valence-electron chi connectivity index (χ2n) is 10.1. The van der Waals surface area contributed by atoms with Crippen LogP contribution in [0.5, 0.6) is 0 Å². The minimum absolute atomic E-state index is 0.407. The van der Waals surface area contributed by atoms with Gasteiger partial charge in [-0.25, -0.2) is 0 Å². The predicted molar refractivity (Wildman–Crippen MR) is 98.2 cm³/mol. The number of rotatable bonds is 2. The Morgan fingerprint density at radius 1 is 0.958 bits per heavy atom. The molecule has 0 radical (unpaired) electrons. The summed E-state index contributed by atoms with van der Waals surface area (Å²) in [5.74, 6) is 3.66. The molecule has 0 heterocycles. The molecule has 3 heteroatoms. The largest absolute Gasteiger partial charge is 0.389 e. The zero-order valence-corrected chi connectivity index (χ0v) is 16.4. The summed E-state index contributed by atoms with van der Waals surface area (Å²) in [6.07, 6.45) is 11.4. The highest BCUT2D eigenvalue weighted by atomic mass is 35.5. The molecule has 0 aromatic heterocycles. The number of methoxy groups -OCH3 is 1. The van der Waals surface area contributed by atoms with Gasteiger partial charge >= 0.3 is 0 Å². The Labute approximate surface area is 152 Å². The van der Waals surface area contributed by atoms with Crippen molar-refractivity contribution < 1.29 is 9.84 Å². The van der Waals surface area contributed by atoms with Crippen LogP contribution in [0.4, 0.5) is 0 Å². The van der Waals surface area contributed by atoms with Crippen LogP contribution in [0.25, 0.3) is 0 Å². The van der Waals surface area contributed by atoms with Crippen LogP contribution >= 0.6 is 11.6 Å². The first-order valence-corrected chi connectivity index (χ1v) is 10.7. The van der Waals surface area contributed by atoms with E-state index in [1.165, 1.54) is 44.9 Å². The summed E-state index contributed by atoms with van der Waals surface area (Å²) in [5.41, 5.74) is 0.231. The SMILES string of the molecule is CO[C@H]1CC[C@H]2[C@@H]3CC[C@@H]4C[C@@](O)(CCl)CC[C@]4(C)[C@H]3CC[C@]12C. The molecule has 0 aliphatic heterocycles. The van der Waals surface area contributed by atoms with Gasteiger partial charge in [0.2, 0.25) is 0 Å². The quantitative estimate of drug-likeness (QED) is 0.706. The Bertz CT molecular complexity index is 496. The van der Waals surface area contributed by atoms with E-state index in [9.17, 15) is 5.11 Å². The molecule has 0 bridgehead atoms. The lowest BCUT2D eigenvalue weighted by molar-refractivity contribution is -0.152. The Balaban J connectivity index is 1.58. The van der Waals surface area contributed by atoms with E-state index in [1.54, 1.807) is 0 Å². The third-order valence-electron chi connectivity index (χ3n) is 9.27. The molecule has 4 aliphatic carbocycles. The number of hydrogen-bond acceptors (Lipinski definition) is 2. The molecule has 2 nitrogen and oxygen atoms in total. The number of alkyl halides is 1. The highest BCUT2D eigenvalue weighted by Crippen LogP contribution is 2.67. The summed E-state index contributed by atoms with van der Waals surface area (Å²) in [6, 6.07) is 0. The molecule has 138 valence electrons. The van der Waals surface area contributed by atoms with Crippen molar-refractivity contribution in [3.63, 3.8) is 0 Å². The molecular formula is C21H35ClO2. The monoisotopic (exact) mass is 354 g/mol. The zero-order chi connectivity index (χ0) is 17.2. The number of hydrogen-bond donors (Lipinski definition) is 1. The van der Waals surface area contributed by atoms with Crippen LogP contribution in [0.15, 0.2) is 0 Å². The van der Waals surface area contributed by atoms with E-state index >= 15 is 0 Å². The average Bonchev–Trinajstić information content (AvgIpc) is 2.92. The van der Waals surface area contributed by atoms with Gasteiger partial charge in [0.25, 0.3) is 0 Å². The summed E-state index contributed by atoms with van der Waals surface area (Å²) in [4.78, 5) is 0. The fourth-order valence-corrected chi connectivity index (χ4v) is 8.03. The Hall–Kier alpha value is 0.210. The van der Waals surface area contributed by atoms with Gasteiger partial charge in [0.15, 0.2) is 0 Å². The maximum Gasteiger partial charge on any atom is 0.0785 e. The average molecular weight is 355 g/mol. The van der Waals surface area contributed by atoms with Crippen molar-refractivity contribution in [2.75, 3.05) is 13.0 Å². The van der Waals surface area contributed by atoms with Crippen LogP contribution < -0.4 is 0 Å². The summed E-state index contributed by atoms with van der Waals surface area (Å²) in [7, 11) is 1.91. The van der Waals surface area contributed by atoms with Crippen LogP contribution in [0.2, 0.25) is 0 Å². The first-order valence-electron chi connectivity index (χ1n) is 10.2. The molecule has 0 spiro atoms. The molecule has 8 atom stereocenters. The van der Waals surface area contributed by atoms with Gasteiger partial charge in [0.1, 0.15) is 0 Å². The van der Waals surface area contributed by atoms with E-state index < -0.39 is 5.60 Å². The molecule has 0 unspecified atom stereocenters. The maximum atomic E-state index is 10.7. The van der Waals surface area contributed by atoms with E-state index in [0.717, 1.165) is 30.6 Å². The van der Waals surface area contributed by atoms with Crippen molar-refractivity contribution in [3.8, 4) is 0 Å². The van der Waals surface area contributed by atoms with Crippen molar-refractivity contribution >= 4 is 11.6 Å². The fourth-order valence-electron chi connectivity index (χ4n) is 7.78. The third kappa shape index (κ3) is 2.35. The first kappa shape index (κ1) is 17.6. The lowest BCUT2D eigenvalue weighted by Gasteiger charge is -2.61. The Morgan fingerprint density at radius 2 is 1.71 bits per heavy atom. The van der Waals surface area contributed by atoms with Crippen molar-refractivity contribution in [2.45, 2.75) is 83.3 Å². The summed E-state index contributed by atoms with van der Waals surface area (Å²) >= 11 is 6.09. The minimum atomic E-state index is -0.601. The number of ether oxygens (including phenoxy) is 1. The third-order valence-corrected chi connectivity index (χ3v) is 9.76. The summed E-state index contributed by atoms with van der Waals surface area (Å²) < 4.78 is 5.89. The normalized spacial score (nSPS) is 57.1. The number of aliphatic hydroxyl groups is 1. The van der Waals surface area contributed by atoms with Gasteiger partial charge in [-0.3, -0.25) is 0 Å². The standard InChI is InChI=1S/C21H35ClO2/c1-19-10-11-21(23,13-22)12-14(19)4-5-15-16-6-7-18(24-3)20(16,2)9-8-17(15)19/h14-18,23H,4-13H2,1-3H3/t14-,15+,16+,17+,18+,19+,20+,21-/m1/s1. The summed E-state index contributed by atoms with van der Waals surface area (Å²) in [6.45, 7) is 5.06. The van der Waals surface area contributed by atoms with Gasteiger partial charge in [-0.05, 0) is 92.3 Å². The van der Waals surface area contributed by atoms with Gasteiger partial charge in [-0.1, -0.05) is 13.8 Å². The number of halogens is 1. The lowest BCUT2D eigenvalue weighted by Crippen LogP contribution is -2.56. The molecule has 4 fully saturated rings. The van der Waals surface area contributed by atoms with Crippen LogP contribution in [-0.4, -0.2) is 29.8 Å². The smallest absolute Gasteiger partial charge is 0.0785 e.